The molecule has 1 aliphatic heterocycles. The average Bonchev–Trinajstić information content (AvgIpc) is 3.08. The van der Waals surface area contributed by atoms with Gasteiger partial charge in [-0.05, 0) is 41.8 Å². The second-order valence-electron chi connectivity index (χ2n) is 7.61. The minimum Gasteiger partial charge on any atom is -0.489 e. The van der Waals surface area contributed by atoms with Gasteiger partial charge in [-0.3, -0.25) is 19.3 Å². The number of hydrogen-bond donors (Lipinski definition) is 1. The molecule has 0 saturated heterocycles. The molecule has 1 N–H and O–H groups in total. The number of carbonyl (C=O) groups excluding carboxylic acids is 3. The van der Waals surface area contributed by atoms with Crippen molar-refractivity contribution in [2.24, 2.45) is 0 Å². The number of carbonyl (C=O) groups is 3. The number of hydrogen-bond acceptors (Lipinski definition) is 4. The predicted octanol–water partition coefficient (Wildman–Crippen LogP) is 3.96. The van der Waals surface area contributed by atoms with Crippen molar-refractivity contribution in [3.05, 3.63) is 101 Å². The van der Waals surface area contributed by atoms with Crippen LogP contribution in [0.3, 0.4) is 0 Å². The largest absolute Gasteiger partial charge is 0.489 e. The molecule has 0 atom stereocenters. The molecule has 0 radical (unpaired) electrons. The molecule has 4 rings (SSSR count). The monoisotopic (exact) mass is 428 g/mol. The lowest BCUT2D eigenvalue weighted by molar-refractivity contribution is -0.121. The Bertz CT molecular complexity index is 1080. The molecule has 32 heavy (non-hydrogen) atoms. The lowest BCUT2D eigenvalue weighted by atomic mass is 10.1. The van der Waals surface area contributed by atoms with Crippen LogP contribution in [0.1, 0.15) is 44.7 Å². The van der Waals surface area contributed by atoms with Crippen LogP contribution in [0.4, 0.5) is 0 Å². The maximum atomic E-state index is 12.3. The fraction of sp³-hybridized carbons (Fsp3) is 0.192. The number of nitrogens with zero attached hydrogens (tertiary/aromatic N) is 1. The van der Waals surface area contributed by atoms with E-state index in [4.69, 9.17) is 4.74 Å². The number of ether oxygens (including phenoxy) is 1. The molecule has 3 aromatic rings. The Labute approximate surface area is 186 Å². The van der Waals surface area contributed by atoms with Crippen LogP contribution < -0.4 is 10.1 Å². The van der Waals surface area contributed by atoms with E-state index in [2.05, 4.69) is 5.32 Å². The molecule has 0 bridgehead atoms. The Kier molecular flexibility index (Phi) is 6.60. The van der Waals surface area contributed by atoms with Gasteiger partial charge in [0.15, 0.2) is 0 Å². The zero-order valence-corrected chi connectivity index (χ0v) is 17.6. The summed E-state index contributed by atoms with van der Waals surface area (Å²) in [5.74, 6) is 0.0667. The van der Waals surface area contributed by atoms with E-state index in [0.717, 1.165) is 16.9 Å². The van der Waals surface area contributed by atoms with Gasteiger partial charge in [0.2, 0.25) is 5.91 Å². The number of amides is 3. The Morgan fingerprint density at radius 1 is 0.781 bits per heavy atom. The third kappa shape index (κ3) is 5.03. The van der Waals surface area contributed by atoms with Gasteiger partial charge in [-0.2, -0.15) is 0 Å². The van der Waals surface area contributed by atoms with E-state index >= 15 is 0 Å². The van der Waals surface area contributed by atoms with Gasteiger partial charge in [0.25, 0.3) is 11.8 Å². The number of benzene rings is 3. The maximum absolute atomic E-state index is 12.3. The Morgan fingerprint density at radius 2 is 1.41 bits per heavy atom. The summed E-state index contributed by atoms with van der Waals surface area (Å²) in [5, 5.41) is 2.87. The number of nitrogens with one attached hydrogen (secondary N) is 1. The van der Waals surface area contributed by atoms with Crippen molar-refractivity contribution in [1.29, 1.82) is 0 Å². The van der Waals surface area contributed by atoms with Crippen LogP contribution in [-0.2, 0) is 17.9 Å². The molecule has 3 amide bonds. The predicted molar refractivity (Wildman–Crippen MR) is 120 cm³/mol. The van der Waals surface area contributed by atoms with Gasteiger partial charge in [-0.25, -0.2) is 0 Å². The summed E-state index contributed by atoms with van der Waals surface area (Å²) in [7, 11) is 0. The van der Waals surface area contributed by atoms with Crippen molar-refractivity contribution in [2.75, 3.05) is 6.54 Å². The third-order valence-corrected chi connectivity index (χ3v) is 5.33. The van der Waals surface area contributed by atoms with E-state index < -0.39 is 0 Å². The zero-order chi connectivity index (χ0) is 22.3. The highest BCUT2D eigenvalue weighted by Crippen LogP contribution is 2.22. The van der Waals surface area contributed by atoms with Gasteiger partial charge in [0.1, 0.15) is 12.4 Å². The molecule has 1 aliphatic rings. The summed E-state index contributed by atoms with van der Waals surface area (Å²) in [4.78, 5) is 38.1. The first-order valence-electron chi connectivity index (χ1n) is 10.6. The van der Waals surface area contributed by atoms with Crippen LogP contribution in [0.15, 0.2) is 78.9 Å². The van der Waals surface area contributed by atoms with Crippen molar-refractivity contribution < 1.29 is 19.1 Å². The fourth-order valence-electron chi connectivity index (χ4n) is 3.57. The van der Waals surface area contributed by atoms with E-state index in [-0.39, 0.29) is 30.7 Å². The van der Waals surface area contributed by atoms with E-state index in [0.29, 0.717) is 30.7 Å². The summed E-state index contributed by atoms with van der Waals surface area (Å²) >= 11 is 0. The Morgan fingerprint density at radius 3 is 2.06 bits per heavy atom. The van der Waals surface area contributed by atoms with Gasteiger partial charge >= 0.3 is 0 Å². The molecule has 0 unspecified atom stereocenters. The quantitative estimate of drug-likeness (QED) is 0.524. The molecule has 1 heterocycles. The smallest absolute Gasteiger partial charge is 0.261 e. The van der Waals surface area contributed by atoms with E-state index in [1.54, 1.807) is 24.3 Å². The first kappa shape index (κ1) is 21.3. The molecule has 0 aromatic heterocycles. The average molecular weight is 428 g/mol. The van der Waals surface area contributed by atoms with Crippen molar-refractivity contribution in [3.63, 3.8) is 0 Å². The van der Waals surface area contributed by atoms with Crippen LogP contribution >= 0.6 is 0 Å². The first-order valence-corrected chi connectivity index (χ1v) is 10.6. The van der Waals surface area contributed by atoms with Crippen molar-refractivity contribution in [2.45, 2.75) is 26.0 Å². The van der Waals surface area contributed by atoms with Gasteiger partial charge in [-0.15, -0.1) is 0 Å². The minimum absolute atomic E-state index is 0.119. The lowest BCUT2D eigenvalue weighted by Crippen LogP contribution is -2.32. The van der Waals surface area contributed by atoms with Crippen molar-refractivity contribution in [3.8, 4) is 5.75 Å². The normalized spacial score (nSPS) is 12.6. The number of imide groups is 1. The third-order valence-electron chi connectivity index (χ3n) is 5.33. The summed E-state index contributed by atoms with van der Waals surface area (Å²) in [5.41, 5.74) is 2.92. The lowest BCUT2D eigenvalue weighted by Gasteiger charge is -2.13. The zero-order valence-electron chi connectivity index (χ0n) is 17.6. The molecular formula is C26H24N2O4. The highest BCUT2D eigenvalue weighted by Gasteiger charge is 2.34. The number of fused-ring (bicyclic) bond motifs is 1. The second-order valence-corrected chi connectivity index (χ2v) is 7.61. The molecule has 0 saturated carbocycles. The van der Waals surface area contributed by atoms with E-state index in [9.17, 15) is 14.4 Å². The maximum Gasteiger partial charge on any atom is 0.261 e. The summed E-state index contributed by atoms with van der Waals surface area (Å²) in [6.45, 7) is 1.14. The molecule has 6 nitrogen and oxygen atoms in total. The van der Waals surface area contributed by atoms with Crippen LogP contribution in [-0.4, -0.2) is 29.2 Å². The Hall–Kier alpha value is -3.93. The van der Waals surface area contributed by atoms with Gasteiger partial charge < -0.3 is 10.1 Å². The SMILES string of the molecule is O=C(CCCN1C(=O)c2ccccc2C1=O)NCc1ccc(OCc2ccccc2)cc1. The highest BCUT2D eigenvalue weighted by molar-refractivity contribution is 6.21. The van der Waals surface area contributed by atoms with Gasteiger partial charge in [-0.1, -0.05) is 54.6 Å². The molecule has 0 aliphatic carbocycles. The molecule has 3 aromatic carbocycles. The summed E-state index contributed by atoms with van der Waals surface area (Å²) < 4.78 is 5.77. The van der Waals surface area contributed by atoms with Gasteiger partial charge in [0.05, 0.1) is 11.1 Å². The van der Waals surface area contributed by atoms with Crippen LogP contribution in [0.2, 0.25) is 0 Å². The van der Waals surface area contributed by atoms with E-state index in [1.165, 1.54) is 4.90 Å². The standard InChI is InChI=1S/C26H24N2O4/c29-24(11-6-16-28-25(30)22-9-4-5-10-23(22)26(28)31)27-17-19-12-14-21(15-13-19)32-18-20-7-2-1-3-8-20/h1-5,7-10,12-15H,6,11,16-18H2,(H,27,29). The van der Waals surface area contributed by atoms with Crippen molar-refractivity contribution in [1.82, 2.24) is 10.2 Å². The molecule has 6 heteroatoms. The Balaban J connectivity index is 1.18. The second kappa shape index (κ2) is 9.92. The first-order chi connectivity index (χ1) is 15.6. The summed E-state index contributed by atoms with van der Waals surface area (Å²) in [6, 6.07) is 24.3. The van der Waals surface area contributed by atoms with Crippen LogP contribution in [0, 0.1) is 0 Å². The van der Waals surface area contributed by atoms with Crippen LogP contribution in [0.5, 0.6) is 5.75 Å². The molecule has 0 spiro atoms. The topological polar surface area (TPSA) is 75.7 Å². The highest BCUT2D eigenvalue weighted by atomic mass is 16.5. The van der Waals surface area contributed by atoms with Gasteiger partial charge in [0, 0.05) is 19.5 Å². The van der Waals surface area contributed by atoms with E-state index in [1.807, 2.05) is 54.6 Å². The number of rotatable bonds is 9. The molecule has 162 valence electrons. The molecular weight excluding hydrogens is 404 g/mol. The summed E-state index contributed by atoms with van der Waals surface area (Å²) in [6.07, 6.45) is 0.662. The fourth-order valence-corrected chi connectivity index (χ4v) is 3.57. The van der Waals surface area contributed by atoms with Crippen molar-refractivity contribution >= 4 is 17.7 Å². The van der Waals surface area contributed by atoms with Crippen LogP contribution in [0.25, 0.3) is 0 Å². The molecule has 0 fully saturated rings. The minimum atomic E-state index is -0.291.